The van der Waals surface area contributed by atoms with Crippen molar-refractivity contribution in [3.05, 3.63) is 42.5 Å². The van der Waals surface area contributed by atoms with Crippen LogP contribution in [0.5, 0.6) is 0 Å². The molecule has 4 rings (SSSR count). The van der Waals surface area contributed by atoms with Gasteiger partial charge in [-0.25, -0.2) is 15.0 Å². The Morgan fingerprint density at radius 1 is 1.19 bits per heavy atom. The lowest BCUT2D eigenvalue weighted by molar-refractivity contribution is -0.0230. The lowest BCUT2D eigenvalue weighted by Gasteiger charge is -2.16. The van der Waals surface area contributed by atoms with Gasteiger partial charge in [0.25, 0.3) is 0 Å². The Labute approximate surface area is 149 Å². The maximum atomic E-state index is 10.3. The van der Waals surface area contributed by atoms with Crippen molar-refractivity contribution < 1.29 is 14.9 Å². The maximum absolute atomic E-state index is 10.3. The van der Waals surface area contributed by atoms with Crippen molar-refractivity contribution >= 4 is 22.7 Å². The third kappa shape index (κ3) is 2.59. The number of aryl methyl sites for hydroxylation is 1. The molecule has 26 heavy (non-hydrogen) atoms. The van der Waals surface area contributed by atoms with Crippen LogP contribution >= 0.6 is 0 Å². The van der Waals surface area contributed by atoms with E-state index < -0.39 is 24.5 Å². The molecule has 3 aromatic rings. The summed E-state index contributed by atoms with van der Waals surface area (Å²) in [5.74, 6) is 2.86. The number of para-hydroxylation sites is 1. The molecule has 1 saturated heterocycles. The van der Waals surface area contributed by atoms with Gasteiger partial charge >= 0.3 is 0 Å². The number of nitrogens with one attached hydrogen (secondary N) is 1. The van der Waals surface area contributed by atoms with Gasteiger partial charge in [0, 0.05) is 5.69 Å². The summed E-state index contributed by atoms with van der Waals surface area (Å²) in [7, 11) is 0. The van der Waals surface area contributed by atoms with E-state index in [1.54, 1.807) is 4.57 Å². The number of fused-ring (bicyclic) bond motifs is 1. The van der Waals surface area contributed by atoms with E-state index in [2.05, 4.69) is 26.2 Å². The lowest BCUT2D eigenvalue weighted by Crippen LogP contribution is -2.30. The molecule has 0 bridgehead atoms. The van der Waals surface area contributed by atoms with Crippen LogP contribution in [0.1, 0.15) is 11.8 Å². The van der Waals surface area contributed by atoms with Crippen molar-refractivity contribution in [2.45, 2.75) is 31.5 Å². The van der Waals surface area contributed by atoms with E-state index in [1.165, 1.54) is 12.7 Å². The fourth-order valence-corrected chi connectivity index (χ4v) is 3.00. The third-order valence-corrected chi connectivity index (χ3v) is 4.43. The number of rotatable bonds is 3. The van der Waals surface area contributed by atoms with Crippen LogP contribution in [0.3, 0.4) is 0 Å². The second-order valence-corrected chi connectivity index (χ2v) is 6.08. The summed E-state index contributed by atoms with van der Waals surface area (Å²) in [5, 5.41) is 23.5. The van der Waals surface area contributed by atoms with Gasteiger partial charge in [0.1, 0.15) is 24.6 Å². The molecule has 3 heterocycles. The number of imidazole rings is 1. The van der Waals surface area contributed by atoms with E-state index in [1.807, 2.05) is 31.2 Å². The number of aliphatic hydroxyl groups excluding tert-OH is 2. The van der Waals surface area contributed by atoms with Gasteiger partial charge in [0.2, 0.25) is 0 Å². The second kappa shape index (κ2) is 6.38. The molecule has 132 valence electrons. The van der Waals surface area contributed by atoms with Gasteiger partial charge in [-0.1, -0.05) is 24.1 Å². The summed E-state index contributed by atoms with van der Waals surface area (Å²) in [6.45, 7) is 1.99. The first kappa shape index (κ1) is 16.5. The zero-order valence-corrected chi connectivity index (χ0v) is 13.9. The zero-order chi connectivity index (χ0) is 18.3. The van der Waals surface area contributed by atoms with Crippen LogP contribution in [-0.4, -0.2) is 48.0 Å². The lowest BCUT2D eigenvalue weighted by atomic mass is 10.1. The van der Waals surface area contributed by atoms with Crippen molar-refractivity contribution in [1.82, 2.24) is 19.5 Å². The number of ether oxygens (including phenoxy) is 1. The van der Waals surface area contributed by atoms with Gasteiger partial charge < -0.3 is 20.3 Å². The van der Waals surface area contributed by atoms with Gasteiger partial charge in [-0.05, 0) is 18.6 Å². The molecule has 0 saturated carbocycles. The number of terminal acetylenes is 1. The number of benzene rings is 1. The first-order valence-electron chi connectivity index (χ1n) is 8.08. The topological polar surface area (TPSA) is 105 Å². The van der Waals surface area contributed by atoms with Gasteiger partial charge in [-0.15, -0.1) is 6.42 Å². The Bertz CT molecular complexity index is 996. The van der Waals surface area contributed by atoms with E-state index in [0.717, 1.165) is 11.3 Å². The molecular weight excluding hydrogens is 334 g/mol. The summed E-state index contributed by atoms with van der Waals surface area (Å²) in [4.78, 5) is 12.9. The average molecular weight is 351 g/mol. The summed E-state index contributed by atoms with van der Waals surface area (Å²) in [5.41, 5.74) is 2.95. The largest absolute Gasteiger partial charge is 0.386 e. The van der Waals surface area contributed by atoms with Crippen LogP contribution in [0.25, 0.3) is 11.2 Å². The maximum Gasteiger partial charge on any atom is 0.167 e. The smallest absolute Gasteiger partial charge is 0.167 e. The van der Waals surface area contributed by atoms with Crippen LogP contribution < -0.4 is 5.32 Å². The van der Waals surface area contributed by atoms with Gasteiger partial charge in [0.05, 0.1) is 6.33 Å². The molecule has 3 N–H and O–H groups in total. The molecule has 0 spiro atoms. The summed E-state index contributed by atoms with van der Waals surface area (Å²) in [6, 6.07) is 7.81. The van der Waals surface area contributed by atoms with Gasteiger partial charge in [-0.2, -0.15) is 0 Å². The van der Waals surface area contributed by atoms with Crippen LogP contribution in [0, 0.1) is 19.3 Å². The second-order valence-electron chi connectivity index (χ2n) is 6.08. The first-order valence-corrected chi connectivity index (χ1v) is 8.08. The fourth-order valence-electron chi connectivity index (χ4n) is 3.00. The van der Waals surface area contributed by atoms with Gasteiger partial charge in [0.15, 0.2) is 23.2 Å². The minimum atomic E-state index is -1.18. The molecule has 1 aromatic carbocycles. The molecule has 1 aliphatic rings. The number of anilines is 2. The molecule has 0 amide bonds. The highest BCUT2D eigenvalue weighted by Crippen LogP contribution is 2.32. The van der Waals surface area contributed by atoms with Crippen LogP contribution in [-0.2, 0) is 4.74 Å². The van der Waals surface area contributed by atoms with Crippen molar-refractivity contribution in [2.75, 3.05) is 5.32 Å². The molecule has 1 fully saturated rings. The minimum Gasteiger partial charge on any atom is -0.386 e. The van der Waals surface area contributed by atoms with E-state index in [-0.39, 0.29) is 0 Å². The summed E-state index contributed by atoms with van der Waals surface area (Å²) < 4.78 is 7.12. The van der Waals surface area contributed by atoms with Crippen molar-refractivity contribution in [3.63, 3.8) is 0 Å². The molecule has 8 heteroatoms. The highest BCUT2D eigenvalue weighted by molar-refractivity contribution is 5.85. The van der Waals surface area contributed by atoms with Crippen molar-refractivity contribution in [3.8, 4) is 12.3 Å². The van der Waals surface area contributed by atoms with Crippen LogP contribution in [0.4, 0.5) is 11.5 Å². The number of hydrogen-bond donors (Lipinski definition) is 3. The normalized spacial score (nSPS) is 25.3. The van der Waals surface area contributed by atoms with E-state index in [9.17, 15) is 10.2 Å². The first-order chi connectivity index (χ1) is 12.6. The average Bonchev–Trinajstić information content (AvgIpc) is 3.19. The van der Waals surface area contributed by atoms with E-state index in [4.69, 9.17) is 11.2 Å². The monoisotopic (exact) mass is 351 g/mol. The SMILES string of the molecule is C#C[C@H]1O[C@@H](n2cnc3c(Nc4ccccc4C)ncnc32)[C@H](O)[C@@H]1O. The number of nitrogens with zero attached hydrogens (tertiary/aromatic N) is 4. The van der Waals surface area contributed by atoms with Crippen molar-refractivity contribution in [2.24, 2.45) is 0 Å². The third-order valence-electron chi connectivity index (χ3n) is 4.43. The minimum absolute atomic E-state index is 0.463. The molecule has 4 atom stereocenters. The Balaban J connectivity index is 1.72. The standard InChI is InChI=1S/C18H17N5O3/c1-3-12-14(24)15(25)18(26-12)23-9-21-13-16(19-8-20-17(13)23)22-11-7-5-4-6-10(11)2/h1,4-9,12,14-15,18,24-25H,2H3,(H,19,20,22)/t12-,14-,15-,18-/m1/s1. The summed E-state index contributed by atoms with van der Waals surface area (Å²) in [6.07, 6.45) is 4.10. The number of aliphatic hydroxyl groups is 2. The molecule has 0 unspecified atom stereocenters. The summed E-state index contributed by atoms with van der Waals surface area (Å²) >= 11 is 0. The quantitative estimate of drug-likeness (QED) is 0.608. The Morgan fingerprint density at radius 2 is 2.00 bits per heavy atom. The zero-order valence-electron chi connectivity index (χ0n) is 13.9. The van der Waals surface area contributed by atoms with Crippen LogP contribution in [0.2, 0.25) is 0 Å². The predicted molar refractivity (Wildman–Crippen MR) is 94.5 cm³/mol. The molecule has 2 aromatic heterocycles. The van der Waals surface area contributed by atoms with Crippen LogP contribution in [0.15, 0.2) is 36.9 Å². The van der Waals surface area contributed by atoms with Crippen molar-refractivity contribution in [1.29, 1.82) is 0 Å². The van der Waals surface area contributed by atoms with E-state index >= 15 is 0 Å². The Hall–Kier alpha value is -2.99. The molecular formula is C18H17N5O3. The Morgan fingerprint density at radius 3 is 2.73 bits per heavy atom. The molecule has 1 aliphatic heterocycles. The number of hydrogen-bond acceptors (Lipinski definition) is 7. The fraction of sp³-hybridized carbons (Fsp3) is 0.278. The number of aromatic nitrogens is 4. The van der Waals surface area contributed by atoms with Gasteiger partial charge in [-0.3, -0.25) is 4.57 Å². The Kier molecular flexibility index (Phi) is 4.05. The molecule has 8 nitrogen and oxygen atoms in total. The predicted octanol–water partition coefficient (Wildman–Crippen LogP) is 1.13. The molecule has 0 aliphatic carbocycles. The highest BCUT2D eigenvalue weighted by atomic mass is 16.6. The highest BCUT2D eigenvalue weighted by Gasteiger charge is 2.43. The molecule has 0 radical (unpaired) electrons. The van der Waals surface area contributed by atoms with E-state index in [0.29, 0.717) is 17.0 Å².